The van der Waals surface area contributed by atoms with Crippen LogP contribution in [0.15, 0.2) is 60.7 Å². The van der Waals surface area contributed by atoms with Crippen LogP contribution in [0.5, 0.6) is 0 Å². The topological polar surface area (TPSA) is 136 Å². The minimum absolute atomic E-state index is 0.116. The van der Waals surface area contributed by atoms with Gasteiger partial charge in [-0.1, -0.05) is 216 Å². The Morgan fingerprint density at radius 2 is 1.17 bits per heavy atom. The second-order valence-electron chi connectivity index (χ2n) is 19.0. The van der Waals surface area contributed by atoms with Crippen molar-refractivity contribution in [3.63, 3.8) is 0 Å². The van der Waals surface area contributed by atoms with Crippen LogP contribution in [0.25, 0.3) is 11.1 Å². The van der Waals surface area contributed by atoms with Crippen LogP contribution in [0.3, 0.4) is 0 Å². The van der Waals surface area contributed by atoms with E-state index in [9.17, 15) is 20.1 Å². The van der Waals surface area contributed by atoms with Gasteiger partial charge in [-0.2, -0.15) is 0 Å². The maximum absolute atomic E-state index is 13.5. The van der Waals surface area contributed by atoms with Crippen LogP contribution in [0.2, 0.25) is 0 Å². The Labute approximate surface area is 392 Å². The summed E-state index contributed by atoms with van der Waals surface area (Å²) in [6.45, 7) is 4.12. The molecule has 65 heavy (non-hydrogen) atoms. The summed E-state index contributed by atoms with van der Waals surface area (Å²) in [6, 6.07) is 15.5. The summed E-state index contributed by atoms with van der Waals surface area (Å²) in [5.41, 5.74) is 4.49. The number of allylic oxidation sites excluding steroid dienone is 1. The first-order valence-corrected chi connectivity index (χ1v) is 26.3. The number of unbranched alkanes of at least 4 members (excludes halogenated alkanes) is 23. The number of ether oxygens (including phenoxy) is 5. The molecule has 4 N–H and O–H groups in total. The number of fused-ring (bicyclic) bond motifs is 4. The molecule has 2 heterocycles. The molecule has 2 aromatic rings. The van der Waals surface area contributed by atoms with E-state index in [1.807, 2.05) is 30.3 Å². The van der Waals surface area contributed by atoms with E-state index in [-0.39, 0.29) is 25.7 Å². The van der Waals surface area contributed by atoms with Crippen LogP contribution >= 0.6 is 0 Å². The zero-order valence-electron chi connectivity index (χ0n) is 40.3. The van der Waals surface area contributed by atoms with Crippen LogP contribution in [0.1, 0.15) is 198 Å². The summed E-state index contributed by atoms with van der Waals surface area (Å²) in [6.07, 6.45) is 28.8. The molecule has 0 radical (unpaired) electrons. The van der Waals surface area contributed by atoms with Crippen molar-refractivity contribution in [2.45, 2.75) is 236 Å². The number of aliphatic hydroxyl groups is 3. The fourth-order valence-electron chi connectivity index (χ4n) is 9.86. The van der Waals surface area contributed by atoms with Crippen LogP contribution in [-0.4, -0.2) is 90.4 Å². The van der Waals surface area contributed by atoms with Gasteiger partial charge >= 0.3 is 6.09 Å². The van der Waals surface area contributed by atoms with Crippen molar-refractivity contribution in [2.75, 3.05) is 19.8 Å². The number of benzene rings is 2. The lowest BCUT2D eigenvalue weighted by Crippen LogP contribution is -2.58. The molecule has 8 atom stereocenters. The van der Waals surface area contributed by atoms with Crippen molar-refractivity contribution < 1.29 is 43.8 Å². The minimum Gasteiger partial charge on any atom is -0.449 e. The van der Waals surface area contributed by atoms with Gasteiger partial charge in [-0.3, -0.25) is 0 Å². The molecule has 0 bridgehead atoms. The van der Waals surface area contributed by atoms with Gasteiger partial charge in [0.2, 0.25) is 0 Å². The third kappa shape index (κ3) is 18.0. The molecule has 10 nitrogen and oxygen atoms in total. The molecule has 2 fully saturated rings. The fraction of sp³-hybridized carbons (Fsp3) is 0.727. The van der Waals surface area contributed by atoms with Gasteiger partial charge in [-0.05, 0) is 47.9 Å². The van der Waals surface area contributed by atoms with Crippen LogP contribution < -0.4 is 5.32 Å². The molecule has 10 heteroatoms. The summed E-state index contributed by atoms with van der Waals surface area (Å²) >= 11 is 0. The summed E-state index contributed by atoms with van der Waals surface area (Å²) in [5, 5.41) is 36.1. The second kappa shape index (κ2) is 31.3. The van der Waals surface area contributed by atoms with Crippen LogP contribution in [0.4, 0.5) is 4.79 Å². The summed E-state index contributed by atoms with van der Waals surface area (Å²) < 4.78 is 30.5. The van der Waals surface area contributed by atoms with E-state index in [0.717, 1.165) is 54.4 Å². The first kappa shape index (κ1) is 53.1. The molecule has 5 rings (SSSR count). The average Bonchev–Trinajstić information content (AvgIpc) is 3.90. The number of carbonyl (C=O) groups is 1. The Kier molecular flexibility index (Phi) is 25.6. The van der Waals surface area contributed by atoms with E-state index in [0.29, 0.717) is 6.42 Å². The molecule has 2 aromatic carbocycles. The highest BCUT2D eigenvalue weighted by molar-refractivity contribution is 5.79. The van der Waals surface area contributed by atoms with Gasteiger partial charge in [-0.25, -0.2) is 4.79 Å². The van der Waals surface area contributed by atoms with E-state index >= 15 is 0 Å². The molecule has 1 amide bonds. The van der Waals surface area contributed by atoms with E-state index in [1.54, 1.807) is 6.08 Å². The molecule has 0 spiro atoms. The molecule has 2 aliphatic heterocycles. The number of rotatable bonds is 35. The first-order valence-electron chi connectivity index (χ1n) is 26.3. The Bertz CT molecular complexity index is 1560. The lowest BCUT2D eigenvalue weighted by molar-refractivity contribution is -0.284. The highest BCUT2D eigenvalue weighted by Crippen LogP contribution is 2.44. The van der Waals surface area contributed by atoms with Gasteiger partial charge in [0.25, 0.3) is 0 Å². The molecule has 0 aromatic heterocycles. The Morgan fingerprint density at radius 3 is 1.71 bits per heavy atom. The van der Waals surface area contributed by atoms with E-state index in [1.165, 1.54) is 128 Å². The van der Waals surface area contributed by atoms with Gasteiger partial charge in [0.05, 0.1) is 25.4 Å². The molecular weight excluding hydrogens is 819 g/mol. The number of aliphatic hydroxyl groups excluding tert-OH is 3. The maximum Gasteiger partial charge on any atom is 0.407 e. The second-order valence-corrected chi connectivity index (χ2v) is 19.0. The lowest BCUT2D eigenvalue weighted by Gasteiger charge is -2.39. The molecule has 1 aliphatic carbocycles. The van der Waals surface area contributed by atoms with E-state index in [2.05, 4.69) is 43.4 Å². The summed E-state index contributed by atoms with van der Waals surface area (Å²) in [4.78, 5) is 13.5. The van der Waals surface area contributed by atoms with Crippen LogP contribution in [0, 0.1) is 0 Å². The van der Waals surface area contributed by atoms with Gasteiger partial charge in [0, 0.05) is 5.92 Å². The van der Waals surface area contributed by atoms with Gasteiger partial charge < -0.3 is 44.3 Å². The predicted molar refractivity (Wildman–Crippen MR) is 260 cm³/mol. The van der Waals surface area contributed by atoms with Gasteiger partial charge in [0.15, 0.2) is 12.6 Å². The molecule has 1 unspecified atom stereocenters. The van der Waals surface area contributed by atoms with Gasteiger partial charge in [0.1, 0.15) is 31.0 Å². The largest absolute Gasteiger partial charge is 0.449 e. The number of hydrogen-bond acceptors (Lipinski definition) is 9. The molecule has 2 saturated heterocycles. The molecular formula is C55H87NO9. The average molecular weight is 906 g/mol. The smallest absolute Gasteiger partial charge is 0.407 e. The third-order valence-corrected chi connectivity index (χ3v) is 13.8. The molecule has 3 aliphatic rings. The number of amides is 1. The number of hydrogen-bond donors (Lipinski definition) is 4. The van der Waals surface area contributed by atoms with Crippen molar-refractivity contribution in [3.8, 4) is 11.1 Å². The first-order chi connectivity index (χ1) is 31.9. The zero-order valence-corrected chi connectivity index (χ0v) is 40.3. The van der Waals surface area contributed by atoms with Gasteiger partial charge in [-0.15, -0.1) is 0 Å². The minimum atomic E-state index is -1.21. The van der Waals surface area contributed by atoms with E-state index in [4.69, 9.17) is 23.7 Å². The SMILES string of the molecule is CCCCCCCCCCCCC/C=C/[C@@H](O)[C@H](CO[C@@H]1O[C@H](CO)[C@@H]2OC(CCCCCCCCCCCCCCC)O[C@@H]2[C@H]1O)NC(=O)OCC1c2ccccc2-c2ccccc21. The highest BCUT2D eigenvalue weighted by atomic mass is 16.8. The normalized spacial score (nSPS) is 22.5. The number of alkyl carbamates (subject to hydrolysis) is 1. The maximum atomic E-state index is 13.5. The Balaban J connectivity index is 1.08. The van der Waals surface area contributed by atoms with E-state index < -0.39 is 55.2 Å². The summed E-state index contributed by atoms with van der Waals surface area (Å²) in [5.74, 6) is -0.116. The standard InChI is InChI=1S/C55H87NO9/c1-3-5-7-9-11-13-15-17-19-21-23-25-27-37-48(58)47(56-55(60)62-40-46-44-35-31-29-33-42(44)43-34-30-32-36-45(43)46)41-61-54-51(59)53-52(49(39-57)63-54)64-50(65-53)38-28-26-24-22-20-18-16-14-12-10-8-6-4-2/h27,29-37,46-54,57-59H,3-26,28,38-41H2,1-2H3,(H,56,60)/b37-27+/t47-,48+,49+,50?,51+,52-,53+,54+/m0/s1. The zero-order chi connectivity index (χ0) is 45.9. The fourth-order valence-corrected chi connectivity index (χ4v) is 9.86. The Morgan fingerprint density at radius 1 is 0.677 bits per heavy atom. The van der Waals surface area contributed by atoms with Crippen molar-refractivity contribution >= 4 is 6.09 Å². The highest BCUT2D eigenvalue weighted by Gasteiger charge is 2.52. The monoisotopic (exact) mass is 906 g/mol. The third-order valence-electron chi connectivity index (χ3n) is 13.8. The number of carbonyl (C=O) groups excluding carboxylic acids is 1. The van der Waals surface area contributed by atoms with Crippen molar-refractivity contribution in [3.05, 3.63) is 71.8 Å². The van der Waals surface area contributed by atoms with Crippen molar-refractivity contribution in [2.24, 2.45) is 0 Å². The Hall–Kier alpha value is -2.83. The summed E-state index contributed by atoms with van der Waals surface area (Å²) in [7, 11) is 0. The quantitative estimate of drug-likeness (QED) is 0.0394. The predicted octanol–water partition coefficient (Wildman–Crippen LogP) is 12.2. The molecule has 366 valence electrons. The van der Waals surface area contributed by atoms with Crippen molar-refractivity contribution in [1.82, 2.24) is 5.32 Å². The number of nitrogens with one attached hydrogen (secondary N) is 1. The van der Waals surface area contributed by atoms with Crippen molar-refractivity contribution in [1.29, 1.82) is 0 Å². The lowest BCUT2D eigenvalue weighted by atomic mass is 9.98. The molecule has 0 saturated carbocycles. The van der Waals surface area contributed by atoms with Crippen LogP contribution in [-0.2, 0) is 23.7 Å².